The molecule has 0 fully saturated rings. The van der Waals surface area contributed by atoms with Gasteiger partial charge in [-0.25, -0.2) is 4.79 Å². The molecule has 0 bridgehead atoms. The Morgan fingerprint density at radius 2 is 1.44 bits per heavy atom. The first kappa shape index (κ1) is 33.1. The van der Waals surface area contributed by atoms with E-state index >= 15 is 0 Å². The minimum absolute atomic E-state index is 0.00282. The fraction of sp³-hybridized carbons (Fsp3) is 0.542. The van der Waals surface area contributed by atoms with Gasteiger partial charge in [0.1, 0.15) is 23.9 Å². The summed E-state index contributed by atoms with van der Waals surface area (Å²) in [6.07, 6.45) is 1.73. The third-order valence-corrected chi connectivity index (χ3v) is 5.69. The van der Waals surface area contributed by atoms with Crippen molar-refractivity contribution >= 4 is 29.7 Å². The summed E-state index contributed by atoms with van der Waals surface area (Å²) in [5.41, 5.74) is 22.5. The summed E-state index contributed by atoms with van der Waals surface area (Å²) in [4.78, 5) is 53.8. The molecule has 1 aromatic rings. The number of hydrogen-bond acceptors (Lipinski definition) is 9. The Labute approximate surface area is 226 Å². The number of unbranched alkanes of at least 4 members (excludes halogenated alkanes) is 1. The van der Waals surface area contributed by atoms with Gasteiger partial charge in [-0.05, 0) is 56.3 Å². The van der Waals surface area contributed by atoms with E-state index in [2.05, 4.69) is 20.9 Å². The Hall–Kier alpha value is -3.95. The number of hydrogen-bond donors (Lipinski definition) is 10. The molecule has 0 saturated carbocycles. The Morgan fingerprint density at radius 1 is 0.846 bits per heavy atom. The van der Waals surface area contributed by atoms with Crippen LogP contribution in [-0.2, 0) is 25.6 Å². The highest BCUT2D eigenvalue weighted by Gasteiger charge is 2.30. The average molecular weight is 553 g/mol. The highest BCUT2D eigenvalue weighted by molar-refractivity contribution is 5.94. The summed E-state index contributed by atoms with van der Waals surface area (Å²) in [6.45, 7) is -0.196. The average Bonchev–Trinajstić information content (AvgIpc) is 2.89. The van der Waals surface area contributed by atoms with Crippen LogP contribution in [0, 0.1) is 0 Å². The van der Waals surface area contributed by atoms with Gasteiger partial charge in [-0.3, -0.25) is 19.4 Å². The van der Waals surface area contributed by atoms with Crippen LogP contribution in [0.1, 0.15) is 37.7 Å². The molecule has 0 saturated heterocycles. The molecule has 0 aliphatic rings. The zero-order chi connectivity index (χ0) is 29.4. The number of carboxylic acids is 1. The van der Waals surface area contributed by atoms with Crippen LogP contribution >= 0.6 is 0 Å². The van der Waals surface area contributed by atoms with Crippen LogP contribution in [0.15, 0.2) is 29.3 Å². The molecule has 218 valence electrons. The molecule has 0 aliphatic heterocycles. The number of phenols is 1. The number of aliphatic imine (C=N–C) groups is 1. The zero-order valence-corrected chi connectivity index (χ0v) is 21.7. The first-order valence-electron chi connectivity index (χ1n) is 12.5. The van der Waals surface area contributed by atoms with Gasteiger partial charge in [-0.1, -0.05) is 12.1 Å². The van der Waals surface area contributed by atoms with Crippen LogP contribution < -0.4 is 38.9 Å². The van der Waals surface area contributed by atoms with Gasteiger partial charge in [0.2, 0.25) is 17.7 Å². The molecule has 0 aliphatic carbocycles. The molecule has 0 spiro atoms. The number of amides is 3. The summed E-state index contributed by atoms with van der Waals surface area (Å²) in [7, 11) is 0. The van der Waals surface area contributed by atoms with Crippen molar-refractivity contribution in [3.05, 3.63) is 29.8 Å². The van der Waals surface area contributed by atoms with Gasteiger partial charge < -0.3 is 54.2 Å². The number of carbonyl (C=O) groups excluding carboxylic acids is 3. The number of nitrogens with one attached hydrogen (secondary N) is 3. The molecule has 39 heavy (non-hydrogen) atoms. The number of aliphatic hydroxyl groups excluding tert-OH is 1. The zero-order valence-electron chi connectivity index (χ0n) is 21.7. The van der Waals surface area contributed by atoms with Crippen LogP contribution in [-0.4, -0.2) is 88.8 Å². The Kier molecular flexibility index (Phi) is 14.9. The quantitative estimate of drug-likeness (QED) is 0.0496. The molecule has 4 atom stereocenters. The van der Waals surface area contributed by atoms with Crippen LogP contribution in [0.2, 0.25) is 0 Å². The second kappa shape index (κ2) is 17.5. The SMILES string of the molecule is NCCCCC(NC(=O)C(CO)NC(=O)C(Cc1ccc(O)cc1)NC(=O)C(N)CCCN=C(N)N)C(=O)O. The molecule has 1 aromatic carbocycles. The summed E-state index contributed by atoms with van der Waals surface area (Å²) < 4.78 is 0. The lowest BCUT2D eigenvalue weighted by atomic mass is 10.0. The van der Waals surface area contributed by atoms with Crippen molar-refractivity contribution in [2.75, 3.05) is 19.7 Å². The summed E-state index contributed by atoms with van der Waals surface area (Å²) in [5.74, 6) is -3.72. The van der Waals surface area contributed by atoms with E-state index in [1.807, 2.05) is 0 Å². The van der Waals surface area contributed by atoms with Gasteiger partial charge in [0.05, 0.1) is 12.6 Å². The van der Waals surface area contributed by atoms with Crippen LogP contribution in [0.3, 0.4) is 0 Å². The highest BCUT2D eigenvalue weighted by Crippen LogP contribution is 2.12. The number of nitrogens with zero attached hydrogens (tertiary/aromatic N) is 1. The monoisotopic (exact) mass is 552 g/mol. The molecule has 15 heteroatoms. The van der Waals surface area contributed by atoms with E-state index < -0.39 is 54.5 Å². The van der Waals surface area contributed by atoms with E-state index in [9.17, 15) is 34.5 Å². The van der Waals surface area contributed by atoms with Crippen molar-refractivity contribution < 1.29 is 34.5 Å². The largest absolute Gasteiger partial charge is 0.508 e. The fourth-order valence-corrected chi connectivity index (χ4v) is 3.50. The number of aromatic hydroxyl groups is 1. The van der Waals surface area contributed by atoms with Gasteiger partial charge in [-0.2, -0.15) is 0 Å². The van der Waals surface area contributed by atoms with Gasteiger partial charge in [-0.15, -0.1) is 0 Å². The Bertz CT molecular complexity index is 970. The molecule has 0 heterocycles. The van der Waals surface area contributed by atoms with Crippen molar-refractivity contribution in [1.29, 1.82) is 0 Å². The first-order chi connectivity index (χ1) is 18.5. The lowest BCUT2D eigenvalue weighted by Crippen LogP contribution is -2.58. The van der Waals surface area contributed by atoms with Gasteiger partial charge in [0, 0.05) is 13.0 Å². The summed E-state index contributed by atoms with van der Waals surface area (Å²) in [5, 5.41) is 35.9. The van der Waals surface area contributed by atoms with Gasteiger partial charge in [0.15, 0.2) is 5.96 Å². The number of rotatable bonds is 18. The number of carboxylic acid groups (broad SMARTS) is 1. The second-order valence-electron chi connectivity index (χ2n) is 8.91. The molecular weight excluding hydrogens is 512 g/mol. The maximum Gasteiger partial charge on any atom is 0.326 e. The third kappa shape index (κ3) is 12.9. The van der Waals surface area contributed by atoms with Crippen molar-refractivity contribution in [2.24, 2.45) is 27.9 Å². The Morgan fingerprint density at radius 3 is 2.00 bits per heavy atom. The molecular formula is C24H40N8O7. The van der Waals surface area contributed by atoms with Gasteiger partial charge >= 0.3 is 5.97 Å². The van der Waals surface area contributed by atoms with Gasteiger partial charge in [0.25, 0.3) is 0 Å². The van der Waals surface area contributed by atoms with E-state index in [1.165, 1.54) is 12.1 Å². The predicted molar refractivity (Wildman–Crippen MR) is 143 cm³/mol. The van der Waals surface area contributed by atoms with E-state index in [1.54, 1.807) is 12.1 Å². The van der Waals surface area contributed by atoms with Crippen molar-refractivity contribution in [3.63, 3.8) is 0 Å². The van der Waals surface area contributed by atoms with E-state index in [0.29, 0.717) is 31.4 Å². The highest BCUT2D eigenvalue weighted by atomic mass is 16.4. The van der Waals surface area contributed by atoms with Crippen molar-refractivity contribution in [1.82, 2.24) is 16.0 Å². The molecule has 0 aromatic heterocycles. The molecule has 1 rings (SSSR count). The maximum absolute atomic E-state index is 13.1. The molecule has 15 nitrogen and oxygen atoms in total. The number of aliphatic hydroxyl groups is 1. The number of benzene rings is 1. The number of nitrogens with two attached hydrogens (primary N) is 4. The second-order valence-corrected chi connectivity index (χ2v) is 8.91. The lowest BCUT2D eigenvalue weighted by Gasteiger charge is -2.24. The first-order valence-corrected chi connectivity index (χ1v) is 12.5. The van der Waals surface area contributed by atoms with E-state index in [0.717, 1.165) is 0 Å². The molecule has 0 radical (unpaired) electrons. The van der Waals surface area contributed by atoms with Crippen molar-refractivity contribution in [3.8, 4) is 5.75 Å². The smallest absolute Gasteiger partial charge is 0.326 e. The lowest BCUT2D eigenvalue weighted by molar-refractivity contribution is -0.142. The molecule has 3 amide bonds. The Balaban J connectivity index is 2.95. The number of guanidine groups is 1. The topological polar surface area (TPSA) is 282 Å². The maximum atomic E-state index is 13.1. The molecule has 4 unspecified atom stereocenters. The van der Waals surface area contributed by atoms with Crippen LogP contribution in [0.25, 0.3) is 0 Å². The third-order valence-electron chi connectivity index (χ3n) is 5.69. The number of aliphatic carboxylic acids is 1. The number of phenolic OH excluding ortho intramolecular Hbond substituents is 1. The fourth-order valence-electron chi connectivity index (χ4n) is 3.50. The van der Waals surface area contributed by atoms with E-state index in [4.69, 9.17) is 22.9 Å². The van der Waals surface area contributed by atoms with Crippen LogP contribution in [0.5, 0.6) is 5.75 Å². The minimum atomic E-state index is -1.48. The van der Waals surface area contributed by atoms with E-state index in [-0.39, 0.29) is 37.5 Å². The minimum Gasteiger partial charge on any atom is -0.508 e. The van der Waals surface area contributed by atoms with Crippen LogP contribution in [0.4, 0.5) is 0 Å². The summed E-state index contributed by atoms with van der Waals surface area (Å²) in [6, 6.07) is 0.979. The summed E-state index contributed by atoms with van der Waals surface area (Å²) >= 11 is 0. The number of carbonyl (C=O) groups is 4. The normalized spacial score (nSPS) is 13.8. The van der Waals surface area contributed by atoms with Crippen molar-refractivity contribution in [2.45, 2.75) is 62.7 Å². The predicted octanol–water partition coefficient (Wildman–Crippen LogP) is -3.02. The molecule has 14 N–H and O–H groups in total. The standard InChI is InChI=1S/C24H40N8O7/c25-10-2-1-5-17(23(38)39)30-22(37)19(13-33)32-21(36)18(12-14-6-8-15(34)9-7-14)31-20(35)16(26)4-3-11-29-24(27)28/h6-9,16-19,33-34H,1-5,10-13,25-26H2,(H,30,37)(H,31,35)(H,32,36)(H,38,39)(H4,27,28,29).